The number of hydrogen-bond acceptors (Lipinski definition) is 2. The van der Waals surface area contributed by atoms with E-state index in [0.29, 0.717) is 17.8 Å². The van der Waals surface area contributed by atoms with Crippen molar-refractivity contribution in [1.29, 1.82) is 0 Å². The molecule has 0 aliphatic rings. The second-order valence-corrected chi connectivity index (χ2v) is 4.60. The zero-order chi connectivity index (χ0) is 11.3. The van der Waals surface area contributed by atoms with Crippen LogP contribution >= 0.6 is 11.6 Å². The fourth-order valence-electron chi connectivity index (χ4n) is 1.56. The lowest BCUT2D eigenvalue weighted by Gasteiger charge is -2.19. The van der Waals surface area contributed by atoms with Crippen molar-refractivity contribution >= 4 is 17.4 Å². The molecule has 0 saturated carbocycles. The zero-order valence-electron chi connectivity index (χ0n) is 9.63. The molecule has 3 heteroatoms. The largest absolute Gasteiger partial charge is 0.366 e. The molecular formula is C12H19ClN2. The second kappa shape index (κ2) is 5.96. The highest BCUT2D eigenvalue weighted by Crippen LogP contribution is 2.15. The number of rotatable bonds is 5. The van der Waals surface area contributed by atoms with Crippen molar-refractivity contribution in [3.8, 4) is 0 Å². The summed E-state index contributed by atoms with van der Waals surface area (Å²) in [7, 11) is 0. The maximum Gasteiger partial charge on any atom is 0.129 e. The van der Waals surface area contributed by atoms with E-state index in [1.54, 1.807) is 6.20 Å². The maximum absolute atomic E-state index is 5.92. The van der Waals surface area contributed by atoms with Gasteiger partial charge < -0.3 is 5.32 Å². The molecule has 0 fully saturated rings. The number of nitrogens with zero attached hydrogens (tertiary/aromatic N) is 1. The van der Waals surface area contributed by atoms with E-state index in [1.165, 1.54) is 0 Å². The van der Waals surface area contributed by atoms with Gasteiger partial charge in [-0.15, -0.1) is 11.6 Å². The van der Waals surface area contributed by atoms with Crippen molar-refractivity contribution in [2.24, 2.45) is 5.92 Å². The third-order valence-electron chi connectivity index (χ3n) is 2.29. The van der Waals surface area contributed by atoms with Crippen LogP contribution in [0.15, 0.2) is 18.3 Å². The summed E-state index contributed by atoms with van der Waals surface area (Å²) in [5.41, 5.74) is 1.16. The van der Waals surface area contributed by atoms with Crippen molar-refractivity contribution in [2.75, 3.05) is 11.2 Å². The fraction of sp³-hybridized carbons (Fsp3) is 0.583. The highest BCUT2D eigenvalue weighted by atomic mass is 35.5. The zero-order valence-corrected chi connectivity index (χ0v) is 10.4. The summed E-state index contributed by atoms with van der Waals surface area (Å²) in [5, 5.41) is 3.39. The number of alkyl halides is 1. The van der Waals surface area contributed by atoms with Gasteiger partial charge in [-0.3, -0.25) is 0 Å². The van der Waals surface area contributed by atoms with Gasteiger partial charge in [0.1, 0.15) is 5.82 Å². The van der Waals surface area contributed by atoms with E-state index in [1.807, 2.05) is 6.07 Å². The van der Waals surface area contributed by atoms with Crippen LogP contribution < -0.4 is 5.32 Å². The highest BCUT2D eigenvalue weighted by molar-refractivity contribution is 6.18. The Balaban J connectivity index is 2.62. The van der Waals surface area contributed by atoms with Crippen molar-refractivity contribution in [3.05, 3.63) is 23.9 Å². The van der Waals surface area contributed by atoms with E-state index < -0.39 is 0 Å². The summed E-state index contributed by atoms with van der Waals surface area (Å²) in [6.07, 6.45) is 2.87. The smallest absolute Gasteiger partial charge is 0.129 e. The molecule has 1 heterocycles. The van der Waals surface area contributed by atoms with E-state index in [9.17, 15) is 0 Å². The Kier molecular flexibility index (Phi) is 4.89. The number of pyridine rings is 1. The lowest BCUT2D eigenvalue weighted by Crippen LogP contribution is -2.24. The first-order valence-electron chi connectivity index (χ1n) is 5.37. The summed E-state index contributed by atoms with van der Waals surface area (Å²) in [4.78, 5) is 4.30. The molecule has 84 valence electrons. The monoisotopic (exact) mass is 226 g/mol. The van der Waals surface area contributed by atoms with E-state index in [0.717, 1.165) is 17.8 Å². The van der Waals surface area contributed by atoms with Crippen LogP contribution in [0.5, 0.6) is 0 Å². The molecule has 0 aromatic carbocycles. The van der Waals surface area contributed by atoms with E-state index in [2.05, 4.69) is 37.1 Å². The molecule has 0 radical (unpaired) electrons. The average molecular weight is 227 g/mol. The molecular weight excluding hydrogens is 208 g/mol. The Morgan fingerprint density at radius 3 is 2.73 bits per heavy atom. The van der Waals surface area contributed by atoms with Crippen LogP contribution in [0, 0.1) is 12.8 Å². The number of nitrogens with one attached hydrogen (secondary N) is 1. The Hall–Kier alpha value is -0.760. The lowest BCUT2D eigenvalue weighted by atomic mass is 10.1. The summed E-state index contributed by atoms with van der Waals surface area (Å²) in [6, 6.07) is 4.30. The third-order valence-corrected chi connectivity index (χ3v) is 2.66. The van der Waals surface area contributed by atoms with Crippen LogP contribution in [-0.2, 0) is 0 Å². The molecule has 15 heavy (non-hydrogen) atoms. The topological polar surface area (TPSA) is 24.9 Å². The van der Waals surface area contributed by atoms with Gasteiger partial charge in [0, 0.05) is 18.1 Å². The average Bonchev–Trinajstić information content (AvgIpc) is 2.19. The van der Waals surface area contributed by atoms with Crippen molar-refractivity contribution in [2.45, 2.75) is 33.2 Å². The predicted molar refractivity (Wildman–Crippen MR) is 66.6 cm³/mol. The number of aromatic nitrogens is 1. The molecule has 1 unspecified atom stereocenters. The Labute approximate surface area is 97.1 Å². The SMILES string of the molecule is Cc1cccnc1NC(CCl)CC(C)C. The molecule has 1 aromatic rings. The number of halogens is 1. The fourth-order valence-corrected chi connectivity index (χ4v) is 1.76. The van der Waals surface area contributed by atoms with Gasteiger partial charge in [0.2, 0.25) is 0 Å². The van der Waals surface area contributed by atoms with Gasteiger partial charge in [0.15, 0.2) is 0 Å². The summed E-state index contributed by atoms with van der Waals surface area (Å²) in [6.45, 7) is 6.45. The minimum absolute atomic E-state index is 0.306. The molecule has 0 amide bonds. The molecule has 1 N–H and O–H groups in total. The standard InChI is InChI=1S/C12H19ClN2/c1-9(2)7-11(8-13)15-12-10(3)5-4-6-14-12/h4-6,9,11H,7-8H2,1-3H3,(H,14,15). The van der Waals surface area contributed by atoms with Crippen LogP contribution in [0.4, 0.5) is 5.82 Å². The predicted octanol–water partition coefficient (Wildman–Crippen LogP) is 3.46. The summed E-state index contributed by atoms with van der Waals surface area (Å²) < 4.78 is 0. The van der Waals surface area contributed by atoms with Gasteiger partial charge in [0.25, 0.3) is 0 Å². The molecule has 0 spiro atoms. The van der Waals surface area contributed by atoms with Gasteiger partial charge in [0.05, 0.1) is 0 Å². The van der Waals surface area contributed by atoms with Crippen LogP contribution in [0.2, 0.25) is 0 Å². The van der Waals surface area contributed by atoms with Crippen molar-refractivity contribution in [1.82, 2.24) is 4.98 Å². The van der Waals surface area contributed by atoms with Crippen molar-refractivity contribution < 1.29 is 0 Å². The van der Waals surface area contributed by atoms with Crippen LogP contribution in [0.1, 0.15) is 25.8 Å². The van der Waals surface area contributed by atoms with E-state index in [4.69, 9.17) is 11.6 Å². The quantitative estimate of drug-likeness (QED) is 0.778. The van der Waals surface area contributed by atoms with E-state index >= 15 is 0 Å². The minimum atomic E-state index is 0.306. The van der Waals surface area contributed by atoms with Gasteiger partial charge in [-0.2, -0.15) is 0 Å². The molecule has 2 nitrogen and oxygen atoms in total. The number of anilines is 1. The maximum atomic E-state index is 5.92. The first kappa shape index (κ1) is 12.3. The summed E-state index contributed by atoms with van der Waals surface area (Å²) in [5.74, 6) is 2.21. The van der Waals surface area contributed by atoms with Gasteiger partial charge >= 0.3 is 0 Å². The van der Waals surface area contributed by atoms with Crippen LogP contribution in [0.25, 0.3) is 0 Å². The molecule has 1 atom stereocenters. The second-order valence-electron chi connectivity index (χ2n) is 4.29. The Morgan fingerprint density at radius 1 is 1.47 bits per heavy atom. The molecule has 0 bridgehead atoms. The Morgan fingerprint density at radius 2 is 2.20 bits per heavy atom. The van der Waals surface area contributed by atoms with Crippen LogP contribution in [-0.4, -0.2) is 16.9 Å². The molecule has 1 rings (SSSR count). The number of hydrogen-bond donors (Lipinski definition) is 1. The molecule has 0 aliphatic heterocycles. The van der Waals surface area contributed by atoms with Gasteiger partial charge in [-0.05, 0) is 30.9 Å². The first-order valence-corrected chi connectivity index (χ1v) is 5.91. The molecule has 0 aliphatic carbocycles. The molecule has 1 aromatic heterocycles. The lowest BCUT2D eigenvalue weighted by molar-refractivity contribution is 0.541. The number of aryl methyl sites for hydroxylation is 1. The normalized spacial score (nSPS) is 12.9. The first-order chi connectivity index (χ1) is 7.13. The minimum Gasteiger partial charge on any atom is -0.366 e. The Bertz CT molecular complexity index is 299. The van der Waals surface area contributed by atoms with Gasteiger partial charge in [-0.1, -0.05) is 19.9 Å². The van der Waals surface area contributed by atoms with Crippen molar-refractivity contribution in [3.63, 3.8) is 0 Å². The summed E-state index contributed by atoms with van der Waals surface area (Å²) >= 11 is 5.92. The van der Waals surface area contributed by atoms with E-state index in [-0.39, 0.29) is 0 Å². The van der Waals surface area contributed by atoms with Crippen LogP contribution in [0.3, 0.4) is 0 Å². The third kappa shape index (κ3) is 4.08. The van der Waals surface area contributed by atoms with Gasteiger partial charge in [-0.25, -0.2) is 4.98 Å². The molecule has 0 saturated heterocycles. The highest BCUT2D eigenvalue weighted by Gasteiger charge is 2.10.